The second-order valence-electron chi connectivity index (χ2n) is 9.38. The number of carbonyl (C=O) groups is 3. The second kappa shape index (κ2) is 10.9. The van der Waals surface area contributed by atoms with E-state index in [2.05, 4.69) is 15.2 Å². The fraction of sp³-hybridized carbons (Fsp3) is 0.481. The van der Waals surface area contributed by atoms with Crippen molar-refractivity contribution in [2.24, 2.45) is 0 Å². The highest BCUT2D eigenvalue weighted by Gasteiger charge is 2.41. The summed E-state index contributed by atoms with van der Waals surface area (Å²) in [6.07, 6.45) is 8.89. The van der Waals surface area contributed by atoms with Gasteiger partial charge in [-0.25, -0.2) is 4.98 Å². The Morgan fingerprint density at radius 2 is 1.91 bits per heavy atom. The van der Waals surface area contributed by atoms with Crippen molar-refractivity contribution in [2.75, 3.05) is 18.6 Å². The van der Waals surface area contributed by atoms with Crippen molar-refractivity contribution in [3.63, 3.8) is 0 Å². The van der Waals surface area contributed by atoms with Gasteiger partial charge in [-0.15, -0.1) is 0 Å². The van der Waals surface area contributed by atoms with Crippen LogP contribution >= 0.6 is 0 Å². The molecule has 1 N–H and O–H groups in total. The number of amides is 1. The van der Waals surface area contributed by atoms with Crippen molar-refractivity contribution in [2.45, 2.75) is 70.0 Å². The third kappa shape index (κ3) is 5.36. The lowest BCUT2D eigenvalue weighted by Crippen LogP contribution is -2.50. The lowest BCUT2D eigenvalue weighted by atomic mass is 9.95. The van der Waals surface area contributed by atoms with Crippen LogP contribution in [0.2, 0.25) is 0 Å². The minimum atomic E-state index is -0.0837. The van der Waals surface area contributed by atoms with E-state index in [1.54, 1.807) is 38.4 Å². The summed E-state index contributed by atoms with van der Waals surface area (Å²) in [5.41, 5.74) is 2.80. The number of nitrogens with zero attached hydrogens (tertiary/aromatic N) is 2. The van der Waals surface area contributed by atoms with Gasteiger partial charge in [0, 0.05) is 54.7 Å². The number of methoxy groups -OCH3 is 1. The van der Waals surface area contributed by atoms with E-state index >= 15 is 0 Å². The Bertz CT molecular complexity index is 1020. The zero-order valence-corrected chi connectivity index (χ0v) is 20.0. The summed E-state index contributed by atoms with van der Waals surface area (Å²) in [4.78, 5) is 42.9. The molecule has 2 unspecified atom stereocenters. The van der Waals surface area contributed by atoms with E-state index in [0.29, 0.717) is 35.4 Å². The van der Waals surface area contributed by atoms with E-state index in [4.69, 9.17) is 4.74 Å². The number of hydrogen-bond acceptors (Lipinski definition) is 6. The molecule has 2 aliphatic rings. The molecule has 4 rings (SSSR count). The zero-order chi connectivity index (χ0) is 24.1. The number of nitrogens with one attached hydrogen (secondary N) is 1. The molecule has 2 fully saturated rings. The molecule has 2 aromatic rings. The average Bonchev–Trinajstić information content (AvgIpc) is 3.11. The second-order valence-corrected chi connectivity index (χ2v) is 9.38. The highest BCUT2D eigenvalue weighted by Crippen LogP contribution is 2.38. The maximum atomic E-state index is 13.1. The normalized spacial score (nSPS) is 21.4. The summed E-state index contributed by atoms with van der Waals surface area (Å²) in [5.74, 6) is 0.841. The third-order valence-corrected chi connectivity index (χ3v) is 7.03. The molecule has 180 valence electrons. The molecule has 7 nitrogen and oxygen atoms in total. The first-order chi connectivity index (χ1) is 16.5. The number of fused-ring (bicyclic) bond motifs is 2. The number of anilines is 1. The predicted octanol–water partition coefficient (Wildman–Crippen LogP) is 4.00. The Labute approximate surface area is 200 Å². The molecule has 2 bridgehead atoms. The standard InChI is InChI=1S/C27H33N3O4/c1-18(32)25-10-7-21(13-20(25)5-3-4-12-34-2)27(33)29-22-14-23-8-9-24(15-22)30(23)26-11-6-19(17-31)16-28-26/h6-7,10-11,13,16-17,22-24H,3-5,8-9,12,14-15H2,1-2H3,(H,29,33). The largest absolute Gasteiger partial charge is 0.385 e. The molecule has 1 amide bonds. The first-order valence-electron chi connectivity index (χ1n) is 12.1. The zero-order valence-electron chi connectivity index (χ0n) is 20.0. The highest BCUT2D eigenvalue weighted by atomic mass is 16.5. The minimum Gasteiger partial charge on any atom is -0.385 e. The van der Waals surface area contributed by atoms with Crippen LogP contribution < -0.4 is 10.2 Å². The maximum absolute atomic E-state index is 13.1. The van der Waals surface area contributed by atoms with E-state index in [1.165, 1.54) is 0 Å². The van der Waals surface area contributed by atoms with Gasteiger partial charge in [-0.2, -0.15) is 0 Å². The smallest absolute Gasteiger partial charge is 0.251 e. The summed E-state index contributed by atoms with van der Waals surface area (Å²) < 4.78 is 5.12. The number of aromatic nitrogens is 1. The van der Waals surface area contributed by atoms with Crippen LogP contribution in [0.1, 0.15) is 82.1 Å². The number of aryl methyl sites for hydroxylation is 1. The van der Waals surface area contributed by atoms with Gasteiger partial charge in [0.15, 0.2) is 12.1 Å². The predicted molar refractivity (Wildman–Crippen MR) is 131 cm³/mol. The Kier molecular flexibility index (Phi) is 7.73. The molecular weight excluding hydrogens is 430 g/mol. The van der Waals surface area contributed by atoms with Crippen molar-refractivity contribution in [1.29, 1.82) is 0 Å². The number of rotatable bonds is 10. The monoisotopic (exact) mass is 463 g/mol. The number of aldehydes is 1. The van der Waals surface area contributed by atoms with Crippen molar-refractivity contribution < 1.29 is 19.1 Å². The Balaban J connectivity index is 1.41. The maximum Gasteiger partial charge on any atom is 0.251 e. The van der Waals surface area contributed by atoms with Crippen LogP contribution in [-0.2, 0) is 11.2 Å². The average molecular weight is 464 g/mol. The number of unbranched alkanes of at least 4 members (excludes halogenated alkanes) is 1. The van der Waals surface area contributed by atoms with E-state index in [9.17, 15) is 14.4 Å². The van der Waals surface area contributed by atoms with Crippen LogP contribution in [0.15, 0.2) is 36.5 Å². The molecule has 0 saturated carbocycles. The van der Waals surface area contributed by atoms with Gasteiger partial charge in [-0.1, -0.05) is 6.07 Å². The van der Waals surface area contributed by atoms with Gasteiger partial charge < -0.3 is 15.0 Å². The van der Waals surface area contributed by atoms with Crippen LogP contribution in [0, 0.1) is 0 Å². The van der Waals surface area contributed by atoms with Crippen LogP contribution in [0.25, 0.3) is 0 Å². The first-order valence-corrected chi connectivity index (χ1v) is 12.1. The summed E-state index contributed by atoms with van der Waals surface area (Å²) >= 11 is 0. The number of ether oxygens (including phenoxy) is 1. The Morgan fingerprint density at radius 1 is 1.15 bits per heavy atom. The molecule has 0 aliphatic carbocycles. The number of ketones is 1. The minimum absolute atomic E-state index is 0.0208. The van der Waals surface area contributed by atoms with Crippen LogP contribution in [0.3, 0.4) is 0 Å². The van der Waals surface area contributed by atoms with Gasteiger partial charge in [-0.05, 0) is 81.7 Å². The van der Waals surface area contributed by atoms with Gasteiger partial charge in [0.25, 0.3) is 5.91 Å². The number of piperidine rings is 1. The number of Topliss-reactive ketones (excluding diaryl/α,β-unsaturated/α-hetero) is 1. The van der Waals surface area contributed by atoms with Gasteiger partial charge in [0.1, 0.15) is 5.82 Å². The topological polar surface area (TPSA) is 88.6 Å². The Morgan fingerprint density at radius 3 is 2.53 bits per heavy atom. The molecule has 2 saturated heterocycles. The summed E-state index contributed by atoms with van der Waals surface area (Å²) in [6, 6.07) is 9.90. The molecule has 2 aliphatic heterocycles. The third-order valence-electron chi connectivity index (χ3n) is 7.03. The molecule has 0 spiro atoms. The molecule has 34 heavy (non-hydrogen) atoms. The highest BCUT2D eigenvalue weighted by molar-refractivity contribution is 5.99. The van der Waals surface area contributed by atoms with Gasteiger partial charge >= 0.3 is 0 Å². The van der Waals surface area contributed by atoms with Crippen molar-refractivity contribution in [1.82, 2.24) is 10.3 Å². The molecule has 2 atom stereocenters. The summed E-state index contributed by atoms with van der Waals surface area (Å²) in [7, 11) is 1.68. The van der Waals surface area contributed by atoms with Gasteiger partial charge in [0.05, 0.1) is 0 Å². The van der Waals surface area contributed by atoms with Crippen LogP contribution in [0.4, 0.5) is 5.82 Å². The number of hydrogen-bond donors (Lipinski definition) is 1. The quantitative estimate of drug-likeness (QED) is 0.326. The van der Waals surface area contributed by atoms with E-state index in [-0.39, 0.29) is 17.7 Å². The first kappa shape index (κ1) is 24.1. The lowest BCUT2D eigenvalue weighted by Gasteiger charge is -2.40. The fourth-order valence-corrected chi connectivity index (χ4v) is 5.40. The summed E-state index contributed by atoms with van der Waals surface area (Å²) in [6.45, 7) is 2.26. The summed E-state index contributed by atoms with van der Waals surface area (Å²) in [5, 5.41) is 3.24. The van der Waals surface area contributed by atoms with Gasteiger partial charge in [-0.3, -0.25) is 14.4 Å². The SMILES string of the molecule is COCCCCc1cc(C(=O)NC2CC3CCC(C2)N3c2ccc(C=O)cn2)ccc1C(C)=O. The molecule has 7 heteroatoms. The van der Waals surface area contributed by atoms with E-state index in [0.717, 1.165) is 62.6 Å². The number of carbonyl (C=O) groups excluding carboxylic acids is 3. The van der Waals surface area contributed by atoms with Crippen LogP contribution in [0.5, 0.6) is 0 Å². The molecule has 1 aromatic carbocycles. The lowest BCUT2D eigenvalue weighted by molar-refractivity contribution is 0.0925. The van der Waals surface area contributed by atoms with Crippen molar-refractivity contribution in [3.05, 3.63) is 58.8 Å². The molecule has 0 radical (unpaired) electrons. The number of benzene rings is 1. The number of pyridine rings is 1. The van der Waals surface area contributed by atoms with E-state index < -0.39 is 0 Å². The van der Waals surface area contributed by atoms with Crippen molar-refractivity contribution >= 4 is 23.8 Å². The molecular formula is C27H33N3O4. The Hall–Kier alpha value is -3.06. The van der Waals surface area contributed by atoms with Crippen molar-refractivity contribution in [3.8, 4) is 0 Å². The molecule has 3 heterocycles. The fourth-order valence-electron chi connectivity index (χ4n) is 5.40. The van der Waals surface area contributed by atoms with Gasteiger partial charge in [0.2, 0.25) is 0 Å². The van der Waals surface area contributed by atoms with E-state index in [1.807, 2.05) is 12.1 Å². The molecule has 1 aromatic heterocycles. The van der Waals surface area contributed by atoms with Crippen LogP contribution in [-0.4, -0.2) is 54.8 Å².